The summed E-state index contributed by atoms with van der Waals surface area (Å²) in [5.41, 5.74) is 7.40. The fourth-order valence-electron chi connectivity index (χ4n) is 2.96. The lowest BCUT2D eigenvalue weighted by Gasteiger charge is -2.26. The predicted octanol–water partition coefficient (Wildman–Crippen LogP) is 2.09. The van der Waals surface area contributed by atoms with Gasteiger partial charge in [-0.2, -0.15) is 0 Å². The summed E-state index contributed by atoms with van der Waals surface area (Å²) in [7, 11) is 2.13. The molecule has 1 saturated heterocycles. The van der Waals surface area contributed by atoms with E-state index in [2.05, 4.69) is 18.9 Å². The summed E-state index contributed by atoms with van der Waals surface area (Å²) < 4.78 is 5.64. The van der Waals surface area contributed by atoms with E-state index in [1.54, 1.807) is 11.3 Å². The van der Waals surface area contributed by atoms with E-state index in [9.17, 15) is 0 Å². The van der Waals surface area contributed by atoms with Gasteiger partial charge in [-0.3, -0.25) is 0 Å². The SMILES string of the molecule is CC1OCCC1N(C)c1nc2c(s1)C(N)CCC2. The number of nitrogens with zero attached hydrogens (tertiary/aromatic N) is 2. The second-order valence-corrected chi connectivity index (χ2v) is 6.36. The van der Waals surface area contributed by atoms with Crippen molar-refractivity contribution in [3.8, 4) is 0 Å². The number of ether oxygens (including phenoxy) is 1. The zero-order chi connectivity index (χ0) is 12.7. The van der Waals surface area contributed by atoms with Crippen LogP contribution in [0.1, 0.15) is 42.8 Å². The summed E-state index contributed by atoms with van der Waals surface area (Å²) in [4.78, 5) is 8.37. The Morgan fingerprint density at radius 3 is 2.94 bits per heavy atom. The number of fused-ring (bicyclic) bond motifs is 1. The molecule has 0 radical (unpaired) electrons. The van der Waals surface area contributed by atoms with Crippen LogP contribution in [0.4, 0.5) is 5.13 Å². The molecule has 1 aliphatic heterocycles. The lowest BCUT2D eigenvalue weighted by Crippen LogP contribution is -2.36. The summed E-state index contributed by atoms with van der Waals surface area (Å²) >= 11 is 1.77. The average Bonchev–Trinajstić information content (AvgIpc) is 2.95. The molecule has 1 aromatic rings. The first-order valence-electron chi connectivity index (χ1n) is 6.76. The molecule has 1 fully saturated rings. The van der Waals surface area contributed by atoms with Crippen LogP contribution < -0.4 is 10.6 Å². The third-order valence-electron chi connectivity index (χ3n) is 4.12. The van der Waals surface area contributed by atoms with Crippen LogP contribution in [0, 0.1) is 0 Å². The van der Waals surface area contributed by atoms with Crippen LogP contribution in [-0.2, 0) is 11.2 Å². The van der Waals surface area contributed by atoms with Crippen molar-refractivity contribution in [2.24, 2.45) is 5.73 Å². The summed E-state index contributed by atoms with van der Waals surface area (Å²) in [6.45, 7) is 3.01. The summed E-state index contributed by atoms with van der Waals surface area (Å²) in [5.74, 6) is 0. The van der Waals surface area contributed by atoms with E-state index in [0.717, 1.165) is 31.0 Å². The second kappa shape index (κ2) is 4.79. The predicted molar refractivity (Wildman–Crippen MR) is 74.2 cm³/mol. The Bertz CT molecular complexity index is 434. The molecule has 3 atom stereocenters. The maximum absolute atomic E-state index is 6.17. The molecule has 0 amide bonds. The fraction of sp³-hybridized carbons (Fsp3) is 0.769. The molecule has 3 unspecified atom stereocenters. The first kappa shape index (κ1) is 12.4. The van der Waals surface area contributed by atoms with Crippen molar-refractivity contribution in [2.75, 3.05) is 18.6 Å². The lowest BCUT2D eigenvalue weighted by atomic mass is 9.99. The number of hydrogen-bond acceptors (Lipinski definition) is 5. The second-order valence-electron chi connectivity index (χ2n) is 5.35. The molecule has 3 rings (SSSR count). The van der Waals surface area contributed by atoms with E-state index < -0.39 is 0 Å². The molecular formula is C13H21N3OS. The van der Waals surface area contributed by atoms with Gasteiger partial charge in [0.1, 0.15) is 0 Å². The molecule has 1 aliphatic carbocycles. The Morgan fingerprint density at radius 1 is 1.44 bits per heavy atom. The van der Waals surface area contributed by atoms with Gasteiger partial charge < -0.3 is 15.4 Å². The molecule has 0 bridgehead atoms. The van der Waals surface area contributed by atoms with Gasteiger partial charge in [0, 0.05) is 24.6 Å². The molecule has 18 heavy (non-hydrogen) atoms. The largest absolute Gasteiger partial charge is 0.376 e. The van der Waals surface area contributed by atoms with Gasteiger partial charge in [-0.25, -0.2) is 4.98 Å². The molecule has 4 nitrogen and oxygen atoms in total. The van der Waals surface area contributed by atoms with Crippen molar-refractivity contribution in [3.63, 3.8) is 0 Å². The fourth-order valence-corrected chi connectivity index (χ4v) is 4.13. The first-order valence-corrected chi connectivity index (χ1v) is 7.58. The van der Waals surface area contributed by atoms with E-state index in [1.807, 2.05) is 0 Å². The highest BCUT2D eigenvalue weighted by molar-refractivity contribution is 7.15. The van der Waals surface area contributed by atoms with Gasteiger partial charge in [0.25, 0.3) is 0 Å². The molecule has 2 heterocycles. The van der Waals surface area contributed by atoms with Crippen molar-refractivity contribution >= 4 is 16.5 Å². The molecule has 2 N–H and O–H groups in total. The number of anilines is 1. The number of rotatable bonds is 2. The smallest absolute Gasteiger partial charge is 0.185 e. The molecule has 0 spiro atoms. The van der Waals surface area contributed by atoms with E-state index >= 15 is 0 Å². The molecule has 5 heteroatoms. The maximum atomic E-state index is 6.17. The molecule has 0 aromatic carbocycles. The zero-order valence-electron chi connectivity index (χ0n) is 11.1. The van der Waals surface area contributed by atoms with Crippen LogP contribution >= 0.6 is 11.3 Å². The average molecular weight is 267 g/mol. The Balaban J connectivity index is 1.84. The van der Waals surface area contributed by atoms with E-state index in [1.165, 1.54) is 17.0 Å². The van der Waals surface area contributed by atoms with Crippen LogP contribution in [0.5, 0.6) is 0 Å². The lowest BCUT2D eigenvalue weighted by molar-refractivity contribution is 0.118. The number of aromatic nitrogens is 1. The van der Waals surface area contributed by atoms with E-state index in [-0.39, 0.29) is 6.04 Å². The monoisotopic (exact) mass is 267 g/mol. The van der Waals surface area contributed by atoms with Gasteiger partial charge in [0.15, 0.2) is 5.13 Å². The molecule has 100 valence electrons. The van der Waals surface area contributed by atoms with Crippen LogP contribution in [-0.4, -0.2) is 30.8 Å². The number of nitrogens with two attached hydrogens (primary N) is 1. The first-order chi connectivity index (χ1) is 8.66. The van der Waals surface area contributed by atoms with Gasteiger partial charge in [-0.05, 0) is 32.6 Å². The van der Waals surface area contributed by atoms with Gasteiger partial charge in [-0.1, -0.05) is 11.3 Å². The molecule has 1 aromatic heterocycles. The minimum Gasteiger partial charge on any atom is -0.376 e. The van der Waals surface area contributed by atoms with E-state index in [4.69, 9.17) is 15.5 Å². The van der Waals surface area contributed by atoms with Crippen molar-refractivity contribution in [3.05, 3.63) is 10.6 Å². The third-order valence-corrected chi connectivity index (χ3v) is 5.44. The summed E-state index contributed by atoms with van der Waals surface area (Å²) in [5, 5.41) is 1.11. The quantitative estimate of drug-likeness (QED) is 0.891. The number of likely N-dealkylation sites (N-methyl/N-ethyl adjacent to an activating group) is 1. The Kier molecular flexibility index (Phi) is 3.30. The van der Waals surface area contributed by atoms with Crippen LogP contribution in [0.25, 0.3) is 0 Å². The maximum Gasteiger partial charge on any atom is 0.185 e. The number of hydrogen-bond donors (Lipinski definition) is 1. The van der Waals surface area contributed by atoms with Crippen molar-refractivity contribution in [1.82, 2.24) is 4.98 Å². The van der Waals surface area contributed by atoms with Crippen LogP contribution in [0.15, 0.2) is 0 Å². The molecular weight excluding hydrogens is 246 g/mol. The Labute approximate surface area is 112 Å². The van der Waals surface area contributed by atoms with Crippen molar-refractivity contribution < 1.29 is 4.74 Å². The molecule has 2 aliphatic rings. The van der Waals surface area contributed by atoms with Gasteiger partial charge in [0.2, 0.25) is 0 Å². The van der Waals surface area contributed by atoms with Crippen molar-refractivity contribution in [1.29, 1.82) is 0 Å². The van der Waals surface area contributed by atoms with Gasteiger partial charge >= 0.3 is 0 Å². The van der Waals surface area contributed by atoms with Gasteiger partial charge in [-0.15, -0.1) is 0 Å². The zero-order valence-corrected chi connectivity index (χ0v) is 11.9. The molecule has 0 saturated carbocycles. The minimum absolute atomic E-state index is 0.200. The number of aryl methyl sites for hydroxylation is 1. The van der Waals surface area contributed by atoms with Crippen LogP contribution in [0.2, 0.25) is 0 Å². The van der Waals surface area contributed by atoms with Crippen LogP contribution in [0.3, 0.4) is 0 Å². The normalized spacial score (nSPS) is 31.4. The highest BCUT2D eigenvalue weighted by Gasteiger charge is 2.31. The number of thiazole rings is 1. The topological polar surface area (TPSA) is 51.4 Å². The van der Waals surface area contributed by atoms with Crippen molar-refractivity contribution in [2.45, 2.75) is 50.8 Å². The minimum atomic E-state index is 0.200. The summed E-state index contributed by atoms with van der Waals surface area (Å²) in [6.07, 6.45) is 4.74. The standard InChI is InChI=1S/C13H21N3OS/c1-8-11(6-7-17-8)16(2)13-15-10-5-3-4-9(14)12(10)18-13/h8-9,11H,3-7,14H2,1-2H3. The Morgan fingerprint density at radius 2 is 2.28 bits per heavy atom. The highest BCUT2D eigenvalue weighted by atomic mass is 32.1. The third kappa shape index (κ3) is 2.04. The van der Waals surface area contributed by atoms with Gasteiger partial charge in [0.05, 0.1) is 17.8 Å². The summed E-state index contributed by atoms with van der Waals surface area (Å²) in [6, 6.07) is 0.652. The highest BCUT2D eigenvalue weighted by Crippen LogP contribution is 2.37. The van der Waals surface area contributed by atoms with E-state index in [0.29, 0.717) is 12.1 Å². The Hall–Kier alpha value is -0.650.